The lowest BCUT2D eigenvalue weighted by molar-refractivity contribution is 0.102. The standard InChI is InChI=1S/C16H18N2O3/c1-10-4-6-15(21-3)13(8-10)18-16(19)11-5-7-14(20-2)12(17)9-11/h4-9H,17H2,1-3H3,(H,18,19). The number of hydrogen-bond donors (Lipinski definition) is 2. The van der Waals surface area contributed by atoms with Gasteiger partial charge < -0.3 is 20.5 Å². The molecule has 3 N–H and O–H groups in total. The molecule has 110 valence electrons. The van der Waals surface area contributed by atoms with Crippen LogP contribution in [0.5, 0.6) is 11.5 Å². The third kappa shape index (κ3) is 3.25. The fraction of sp³-hybridized carbons (Fsp3) is 0.188. The summed E-state index contributed by atoms with van der Waals surface area (Å²) < 4.78 is 10.3. The molecule has 21 heavy (non-hydrogen) atoms. The molecule has 0 saturated carbocycles. The summed E-state index contributed by atoms with van der Waals surface area (Å²) in [6.07, 6.45) is 0. The molecule has 0 bridgehead atoms. The zero-order chi connectivity index (χ0) is 15.4. The van der Waals surface area contributed by atoms with Crippen molar-refractivity contribution in [2.24, 2.45) is 0 Å². The van der Waals surface area contributed by atoms with Crippen LogP contribution in [0.3, 0.4) is 0 Å². The molecule has 0 heterocycles. The number of ether oxygens (including phenoxy) is 2. The first-order chi connectivity index (χ1) is 10.0. The average Bonchev–Trinajstić information content (AvgIpc) is 2.47. The van der Waals surface area contributed by atoms with Gasteiger partial charge in [-0.25, -0.2) is 0 Å². The minimum Gasteiger partial charge on any atom is -0.495 e. The van der Waals surface area contributed by atoms with E-state index in [0.717, 1.165) is 5.56 Å². The highest BCUT2D eigenvalue weighted by Gasteiger charge is 2.11. The summed E-state index contributed by atoms with van der Waals surface area (Å²) in [4.78, 5) is 12.3. The van der Waals surface area contributed by atoms with E-state index in [1.54, 1.807) is 25.3 Å². The zero-order valence-corrected chi connectivity index (χ0v) is 12.3. The maximum absolute atomic E-state index is 12.3. The molecule has 2 aromatic rings. The van der Waals surface area contributed by atoms with Crippen molar-refractivity contribution in [2.75, 3.05) is 25.3 Å². The molecule has 0 saturated heterocycles. The molecule has 0 aliphatic carbocycles. The van der Waals surface area contributed by atoms with E-state index in [2.05, 4.69) is 5.32 Å². The minimum absolute atomic E-state index is 0.256. The van der Waals surface area contributed by atoms with Crippen LogP contribution in [-0.4, -0.2) is 20.1 Å². The van der Waals surface area contributed by atoms with Gasteiger partial charge in [-0.3, -0.25) is 4.79 Å². The minimum atomic E-state index is -0.256. The highest BCUT2D eigenvalue weighted by atomic mass is 16.5. The average molecular weight is 286 g/mol. The monoisotopic (exact) mass is 286 g/mol. The van der Waals surface area contributed by atoms with Gasteiger partial charge in [0.05, 0.1) is 25.6 Å². The van der Waals surface area contributed by atoms with Crippen molar-refractivity contribution in [2.45, 2.75) is 6.92 Å². The third-order valence-electron chi connectivity index (χ3n) is 3.10. The second-order valence-electron chi connectivity index (χ2n) is 4.61. The summed E-state index contributed by atoms with van der Waals surface area (Å²) in [5.74, 6) is 0.892. The van der Waals surface area contributed by atoms with E-state index < -0.39 is 0 Å². The molecular weight excluding hydrogens is 268 g/mol. The Labute approximate surface area is 123 Å². The molecule has 0 fully saturated rings. The number of carbonyl (C=O) groups is 1. The van der Waals surface area contributed by atoms with E-state index in [9.17, 15) is 4.79 Å². The summed E-state index contributed by atoms with van der Waals surface area (Å²) in [6, 6.07) is 10.5. The number of amides is 1. The van der Waals surface area contributed by atoms with Crippen LogP contribution < -0.4 is 20.5 Å². The second-order valence-corrected chi connectivity index (χ2v) is 4.61. The number of benzene rings is 2. The maximum atomic E-state index is 12.3. The lowest BCUT2D eigenvalue weighted by Gasteiger charge is -2.12. The number of methoxy groups -OCH3 is 2. The molecule has 2 rings (SSSR count). The summed E-state index contributed by atoms with van der Waals surface area (Å²) in [5, 5.41) is 2.82. The van der Waals surface area contributed by atoms with E-state index >= 15 is 0 Å². The molecule has 0 aromatic heterocycles. The van der Waals surface area contributed by atoms with Gasteiger partial charge in [0.15, 0.2) is 0 Å². The Bertz CT molecular complexity index is 669. The summed E-state index contributed by atoms with van der Waals surface area (Å²) >= 11 is 0. The number of rotatable bonds is 4. The van der Waals surface area contributed by atoms with Crippen molar-refractivity contribution in [1.82, 2.24) is 0 Å². The van der Waals surface area contributed by atoms with Crippen molar-refractivity contribution >= 4 is 17.3 Å². The van der Waals surface area contributed by atoms with Gasteiger partial charge in [0, 0.05) is 5.56 Å². The maximum Gasteiger partial charge on any atom is 0.255 e. The van der Waals surface area contributed by atoms with Crippen LogP contribution in [0.2, 0.25) is 0 Å². The Morgan fingerprint density at radius 2 is 1.71 bits per heavy atom. The molecule has 1 amide bonds. The quantitative estimate of drug-likeness (QED) is 0.848. The molecule has 5 heteroatoms. The van der Waals surface area contributed by atoms with Gasteiger partial charge in [-0.2, -0.15) is 0 Å². The number of anilines is 2. The normalized spacial score (nSPS) is 10.0. The first kappa shape index (κ1) is 14.7. The van der Waals surface area contributed by atoms with E-state index in [0.29, 0.717) is 28.4 Å². The van der Waals surface area contributed by atoms with Crippen molar-refractivity contribution < 1.29 is 14.3 Å². The van der Waals surface area contributed by atoms with E-state index in [1.807, 2.05) is 25.1 Å². The van der Waals surface area contributed by atoms with Crippen LogP contribution in [0, 0.1) is 6.92 Å². The number of nitrogen functional groups attached to an aromatic ring is 1. The van der Waals surface area contributed by atoms with Gasteiger partial charge in [-0.1, -0.05) is 6.07 Å². The van der Waals surface area contributed by atoms with Crippen LogP contribution in [0.4, 0.5) is 11.4 Å². The van der Waals surface area contributed by atoms with Gasteiger partial charge in [0.25, 0.3) is 5.91 Å². The summed E-state index contributed by atoms with van der Waals surface area (Å²) in [7, 11) is 3.09. The summed E-state index contributed by atoms with van der Waals surface area (Å²) in [6.45, 7) is 1.94. The fourth-order valence-electron chi connectivity index (χ4n) is 1.99. The van der Waals surface area contributed by atoms with Crippen LogP contribution >= 0.6 is 0 Å². The van der Waals surface area contributed by atoms with Crippen LogP contribution in [-0.2, 0) is 0 Å². The first-order valence-electron chi connectivity index (χ1n) is 6.44. The Balaban J connectivity index is 2.26. The Hall–Kier alpha value is -2.69. The molecule has 0 aliphatic rings. The molecule has 2 aromatic carbocycles. The lowest BCUT2D eigenvalue weighted by Crippen LogP contribution is -2.13. The predicted octanol–water partition coefficient (Wildman–Crippen LogP) is 2.85. The van der Waals surface area contributed by atoms with Crippen molar-refractivity contribution in [3.63, 3.8) is 0 Å². The van der Waals surface area contributed by atoms with Gasteiger partial charge in [0.1, 0.15) is 11.5 Å². The lowest BCUT2D eigenvalue weighted by atomic mass is 10.1. The molecule has 5 nitrogen and oxygen atoms in total. The molecule has 0 unspecified atom stereocenters. The summed E-state index contributed by atoms with van der Waals surface area (Å²) in [5.41, 5.74) is 8.34. The van der Waals surface area contributed by atoms with E-state index in [1.165, 1.54) is 7.11 Å². The number of nitrogens with two attached hydrogens (primary N) is 1. The predicted molar refractivity (Wildman–Crippen MR) is 83.1 cm³/mol. The number of nitrogens with one attached hydrogen (secondary N) is 1. The van der Waals surface area contributed by atoms with Gasteiger partial charge >= 0.3 is 0 Å². The number of hydrogen-bond acceptors (Lipinski definition) is 4. The van der Waals surface area contributed by atoms with E-state index in [-0.39, 0.29) is 5.91 Å². The van der Waals surface area contributed by atoms with Crippen LogP contribution in [0.1, 0.15) is 15.9 Å². The topological polar surface area (TPSA) is 73.6 Å². The third-order valence-corrected chi connectivity index (χ3v) is 3.10. The van der Waals surface area contributed by atoms with Crippen molar-refractivity contribution in [1.29, 1.82) is 0 Å². The molecule has 0 radical (unpaired) electrons. The van der Waals surface area contributed by atoms with E-state index in [4.69, 9.17) is 15.2 Å². The molecular formula is C16H18N2O3. The fourth-order valence-corrected chi connectivity index (χ4v) is 1.99. The number of carbonyl (C=O) groups excluding carboxylic acids is 1. The Morgan fingerprint density at radius 1 is 1.05 bits per heavy atom. The van der Waals surface area contributed by atoms with Crippen molar-refractivity contribution in [3.05, 3.63) is 47.5 Å². The largest absolute Gasteiger partial charge is 0.495 e. The molecule has 0 atom stereocenters. The highest BCUT2D eigenvalue weighted by Crippen LogP contribution is 2.27. The number of aryl methyl sites for hydroxylation is 1. The van der Waals surface area contributed by atoms with Crippen molar-refractivity contribution in [3.8, 4) is 11.5 Å². The molecule has 0 aliphatic heterocycles. The SMILES string of the molecule is COc1ccc(C(=O)Nc2cc(C)ccc2OC)cc1N. The van der Waals surface area contributed by atoms with Gasteiger partial charge in [0.2, 0.25) is 0 Å². The highest BCUT2D eigenvalue weighted by molar-refractivity contribution is 6.05. The molecule has 0 spiro atoms. The van der Waals surface area contributed by atoms with Crippen LogP contribution in [0.15, 0.2) is 36.4 Å². The zero-order valence-electron chi connectivity index (χ0n) is 12.3. The van der Waals surface area contributed by atoms with Gasteiger partial charge in [-0.05, 0) is 42.8 Å². The van der Waals surface area contributed by atoms with Gasteiger partial charge in [-0.15, -0.1) is 0 Å². The Kier molecular flexibility index (Phi) is 4.33. The second kappa shape index (κ2) is 6.17. The first-order valence-corrected chi connectivity index (χ1v) is 6.44. The smallest absolute Gasteiger partial charge is 0.255 e. The Morgan fingerprint density at radius 3 is 2.33 bits per heavy atom. The van der Waals surface area contributed by atoms with Crippen LogP contribution in [0.25, 0.3) is 0 Å².